The van der Waals surface area contributed by atoms with Crippen LogP contribution in [-0.4, -0.2) is 39.1 Å². The highest BCUT2D eigenvalue weighted by Gasteiger charge is 2.21. The van der Waals surface area contributed by atoms with Crippen LogP contribution in [0.2, 0.25) is 0 Å². The van der Waals surface area contributed by atoms with E-state index in [0.717, 1.165) is 47.3 Å². The molecule has 2 aromatic carbocycles. The number of nitrogens with zero attached hydrogens (tertiary/aromatic N) is 3. The van der Waals surface area contributed by atoms with Crippen molar-refractivity contribution in [2.24, 2.45) is 5.92 Å². The normalized spacial score (nSPS) is 14.9. The Morgan fingerprint density at radius 3 is 2.53 bits per heavy atom. The summed E-state index contributed by atoms with van der Waals surface area (Å²) in [5, 5.41) is 12.0. The molecule has 3 aromatic rings. The van der Waals surface area contributed by atoms with Gasteiger partial charge >= 0.3 is 0 Å². The first-order valence-electron chi connectivity index (χ1n) is 10.2. The van der Waals surface area contributed by atoms with Gasteiger partial charge in [-0.3, -0.25) is 14.9 Å². The second kappa shape index (κ2) is 8.92. The van der Waals surface area contributed by atoms with Gasteiger partial charge in [0.25, 0.3) is 5.69 Å². The maximum absolute atomic E-state index is 12.6. The number of para-hydroxylation sites is 1. The molecule has 2 heterocycles. The van der Waals surface area contributed by atoms with Crippen LogP contribution in [0.4, 0.5) is 5.69 Å². The first kappa shape index (κ1) is 20.5. The summed E-state index contributed by atoms with van der Waals surface area (Å²) in [7, 11) is 0. The number of rotatable bonds is 6. The van der Waals surface area contributed by atoms with E-state index in [1.54, 1.807) is 23.9 Å². The lowest BCUT2D eigenvalue weighted by Crippen LogP contribution is -2.38. The zero-order valence-corrected chi connectivity index (χ0v) is 17.8. The molecule has 0 atom stereocenters. The highest BCUT2D eigenvalue weighted by Crippen LogP contribution is 2.31. The zero-order valence-electron chi connectivity index (χ0n) is 17.0. The number of hydrogen-bond donors (Lipinski definition) is 0. The molecule has 0 unspecified atom stereocenters. The van der Waals surface area contributed by atoms with Gasteiger partial charge in [-0.05, 0) is 30.4 Å². The number of piperidine rings is 1. The monoisotopic (exact) mass is 423 g/mol. The molecule has 0 saturated carbocycles. The molecular weight excluding hydrogens is 398 g/mol. The Balaban J connectivity index is 1.49. The fourth-order valence-corrected chi connectivity index (χ4v) is 4.86. The lowest BCUT2D eigenvalue weighted by atomic mass is 9.99. The number of aromatic nitrogens is 1. The number of thioether (sulfide) groups is 1. The Labute approximate surface area is 180 Å². The number of nitro groups is 1. The highest BCUT2D eigenvalue weighted by atomic mass is 32.2. The second-order valence-electron chi connectivity index (χ2n) is 7.91. The predicted octanol–water partition coefficient (Wildman–Crippen LogP) is 4.95. The van der Waals surface area contributed by atoms with Gasteiger partial charge < -0.3 is 9.47 Å². The fraction of sp³-hybridized carbons (Fsp3) is 0.348. The number of likely N-dealkylation sites (tertiary alicyclic amines) is 1. The van der Waals surface area contributed by atoms with E-state index in [4.69, 9.17) is 0 Å². The van der Waals surface area contributed by atoms with Crippen molar-refractivity contribution in [3.05, 3.63) is 70.4 Å². The number of carbonyl (C=O) groups is 1. The van der Waals surface area contributed by atoms with Crippen molar-refractivity contribution in [2.45, 2.75) is 31.2 Å². The van der Waals surface area contributed by atoms with Crippen molar-refractivity contribution in [3.8, 4) is 0 Å². The summed E-state index contributed by atoms with van der Waals surface area (Å²) >= 11 is 1.59. The molecule has 0 N–H and O–H groups in total. The van der Waals surface area contributed by atoms with Crippen LogP contribution < -0.4 is 0 Å². The van der Waals surface area contributed by atoms with Crippen LogP contribution >= 0.6 is 11.8 Å². The van der Waals surface area contributed by atoms with E-state index in [1.165, 1.54) is 12.1 Å². The minimum atomic E-state index is -0.385. The summed E-state index contributed by atoms with van der Waals surface area (Å²) in [6.45, 7) is 4.60. The van der Waals surface area contributed by atoms with Gasteiger partial charge in [0.15, 0.2) is 0 Å². The molecule has 1 aliphatic heterocycles. The van der Waals surface area contributed by atoms with E-state index >= 15 is 0 Å². The van der Waals surface area contributed by atoms with Gasteiger partial charge in [0.2, 0.25) is 5.91 Å². The van der Waals surface area contributed by atoms with Crippen LogP contribution in [0.3, 0.4) is 0 Å². The summed E-state index contributed by atoms with van der Waals surface area (Å²) in [6, 6.07) is 14.8. The topological polar surface area (TPSA) is 68.4 Å². The lowest BCUT2D eigenvalue weighted by molar-refractivity contribution is -0.384. The molecule has 6 nitrogen and oxygen atoms in total. The number of nitro benzene ring substituents is 1. The largest absolute Gasteiger partial charge is 0.342 e. The molecule has 0 spiro atoms. The van der Waals surface area contributed by atoms with Crippen LogP contribution in [0.1, 0.15) is 25.3 Å². The van der Waals surface area contributed by atoms with Crippen molar-refractivity contribution in [1.82, 2.24) is 9.47 Å². The van der Waals surface area contributed by atoms with Crippen LogP contribution in [0, 0.1) is 16.0 Å². The lowest BCUT2D eigenvalue weighted by Gasteiger charge is -2.30. The molecule has 1 amide bonds. The number of amides is 1. The van der Waals surface area contributed by atoms with Crippen molar-refractivity contribution < 1.29 is 9.72 Å². The molecule has 0 aliphatic carbocycles. The Morgan fingerprint density at radius 2 is 1.83 bits per heavy atom. The third-order valence-electron chi connectivity index (χ3n) is 5.74. The average Bonchev–Trinajstić information content (AvgIpc) is 3.10. The Kier molecular flexibility index (Phi) is 6.08. The van der Waals surface area contributed by atoms with E-state index in [-0.39, 0.29) is 16.5 Å². The summed E-state index contributed by atoms with van der Waals surface area (Å²) in [5.74, 6) is 1.36. The van der Waals surface area contributed by atoms with Gasteiger partial charge in [0, 0.05) is 53.8 Å². The average molecular weight is 424 g/mol. The van der Waals surface area contributed by atoms with Crippen LogP contribution in [0.25, 0.3) is 10.9 Å². The van der Waals surface area contributed by atoms with Gasteiger partial charge in [0.1, 0.15) is 0 Å². The number of non-ortho nitro benzene ring substituents is 1. The van der Waals surface area contributed by atoms with Crippen molar-refractivity contribution in [2.75, 3.05) is 18.8 Å². The first-order valence-corrected chi connectivity index (χ1v) is 11.2. The molecular formula is C23H25N3O3S. The Morgan fingerprint density at radius 1 is 1.13 bits per heavy atom. The molecule has 0 radical (unpaired) electrons. The standard InChI is InChI=1S/C23H25N3O3S/c1-17-10-12-24(13-11-17)23(27)16-30-22-15-25(21-5-3-2-4-20(21)22)14-18-6-8-19(9-7-18)26(28)29/h2-9,15,17H,10-14,16H2,1H3. The summed E-state index contributed by atoms with van der Waals surface area (Å²) in [5.41, 5.74) is 2.19. The summed E-state index contributed by atoms with van der Waals surface area (Å²) in [4.78, 5) is 26.2. The van der Waals surface area contributed by atoms with Crippen molar-refractivity contribution in [3.63, 3.8) is 0 Å². The number of carbonyl (C=O) groups excluding carboxylic acids is 1. The zero-order chi connectivity index (χ0) is 21.1. The number of benzene rings is 2. The molecule has 1 aliphatic rings. The molecule has 30 heavy (non-hydrogen) atoms. The van der Waals surface area contributed by atoms with E-state index in [0.29, 0.717) is 18.2 Å². The van der Waals surface area contributed by atoms with Crippen LogP contribution in [-0.2, 0) is 11.3 Å². The minimum absolute atomic E-state index is 0.0953. The van der Waals surface area contributed by atoms with Gasteiger partial charge in [-0.2, -0.15) is 0 Å². The Bertz CT molecular complexity index is 1050. The van der Waals surface area contributed by atoms with Gasteiger partial charge in [0.05, 0.1) is 10.7 Å². The summed E-state index contributed by atoms with van der Waals surface area (Å²) in [6.07, 6.45) is 4.26. The third-order valence-corrected chi connectivity index (χ3v) is 6.77. The molecule has 156 valence electrons. The van der Waals surface area contributed by atoms with E-state index in [2.05, 4.69) is 29.8 Å². The Hall–Kier alpha value is -2.80. The SMILES string of the molecule is CC1CCN(C(=O)CSc2cn(Cc3ccc([N+](=O)[O-])cc3)c3ccccc23)CC1. The van der Waals surface area contributed by atoms with E-state index < -0.39 is 0 Å². The van der Waals surface area contributed by atoms with Crippen molar-refractivity contribution >= 4 is 34.3 Å². The van der Waals surface area contributed by atoms with Gasteiger partial charge in [-0.1, -0.05) is 37.3 Å². The quantitative estimate of drug-likeness (QED) is 0.320. The van der Waals surface area contributed by atoms with Gasteiger partial charge in [-0.25, -0.2) is 0 Å². The first-order chi connectivity index (χ1) is 14.5. The van der Waals surface area contributed by atoms with Gasteiger partial charge in [-0.15, -0.1) is 11.8 Å². The van der Waals surface area contributed by atoms with E-state index in [1.807, 2.05) is 17.0 Å². The molecule has 0 bridgehead atoms. The summed E-state index contributed by atoms with van der Waals surface area (Å²) < 4.78 is 2.14. The maximum atomic E-state index is 12.6. The van der Waals surface area contributed by atoms with Crippen LogP contribution in [0.5, 0.6) is 0 Å². The highest BCUT2D eigenvalue weighted by molar-refractivity contribution is 8.00. The molecule has 4 rings (SSSR count). The van der Waals surface area contributed by atoms with Crippen molar-refractivity contribution in [1.29, 1.82) is 0 Å². The maximum Gasteiger partial charge on any atom is 0.269 e. The van der Waals surface area contributed by atoms with Crippen LogP contribution in [0.15, 0.2) is 59.6 Å². The van der Waals surface area contributed by atoms with E-state index in [9.17, 15) is 14.9 Å². The third kappa shape index (κ3) is 4.51. The fourth-order valence-electron chi connectivity index (χ4n) is 3.87. The molecule has 7 heteroatoms. The second-order valence-corrected chi connectivity index (χ2v) is 8.93. The molecule has 1 saturated heterocycles. The minimum Gasteiger partial charge on any atom is -0.342 e. The smallest absolute Gasteiger partial charge is 0.269 e. The molecule has 1 fully saturated rings. The molecule has 1 aromatic heterocycles. The number of fused-ring (bicyclic) bond motifs is 1. The predicted molar refractivity (Wildman–Crippen MR) is 120 cm³/mol. The number of hydrogen-bond acceptors (Lipinski definition) is 4.